The zero-order valence-corrected chi connectivity index (χ0v) is 10.5. The molecule has 1 atom stereocenters. The van der Waals surface area contributed by atoms with Crippen molar-refractivity contribution in [1.29, 1.82) is 0 Å². The lowest BCUT2D eigenvalue weighted by molar-refractivity contribution is -0.139. The van der Waals surface area contributed by atoms with E-state index in [0.29, 0.717) is 13.0 Å². The molecule has 2 amide bonds. The predicted octanol–water partition coefficient (Wildman–Crippen LogP) is 0.786. The van der Waals surface area contributed by atoms with Crippen LogP contribution in [0, 0.1) is 5.92 Å². The summed E-state index contributed by atoms with van der Waals surface area (Å²) in [5.41, 5.74) is 1.08. The van der Waals surface area contributed by atoms with Gasteiger partial charge in [-0.15, -0.1) is 0 Å². The van der Waals surface area contributed by atoms with Crippen molar-refractivity contribution in [2.24, 2.45) is 5.92 Å². The summed E-state index contributed by atoms with van der Waals surface area (Å²) < 4.78 is 0. The molecule has 19 heavy (non-hydrogen) atoms. The third-order valence-electron chi connectivity index (χ3n) is 3.09. The average molecular weight is 263 g/mol. The highest BCUT2D eigenvalue weighted by atomic mass is 16.4. The fourth-order valence-electron chi connectivity index (χ4n) is 1.87. The Morgan fingerprint density at radius 3 is 2.63 bits per heavy atom. The molecule has 102 valence electrons. The van der Waals surface area contributed by atoms with Crippen molar-refractivity contribution in [3.8, 4) is 0 Å². The zero-order valence-electron chi connectivity index (χ0n) is 10.5. The molecule has 0 aromatic carbocycles. The normalized spacial score (nSPS) is 15.6. The van der Waals surface area contributed by atoms with Gasteiger partial charge in [0.15, 0.2) is 0 Å². The first-order valence-corrected chi connectivity index (χ1v) is 6.33. The van der Waals surface area contributed by atoms with Crippen LogP contribution in [0.5, 0.6) is 0 Å². The molecule has 0 bridgehead atoms. The number of carboxylic acid groups (broad SMARTS) is 1. The quantitative estimate of drug-likeness (QED) is 0.707. The summed E-state index contributed by atoms with van der Waals surface area (Å²) in [6.45, 7) is 0.465. The number of hydrogen-bond donors (Lipinski definition) is 3. The number of carbonyl (C=O) groups excluding carboxylic acids is 1. The van der Waals surface area contributed by atoms with Gasteiger partial charge in [-0.3, -0.25) is 4.98 Å². The van der Waals surface area contributed by atoms with Crippen LogP contribution in [0.25, 0.3) is 0 Å². The number of nitrogens with one attached hydrogen (secondary N) is 2. The first-order chi connectivity index (χ1) is 9.16. The first-order valence-electron chi connectivity index (χ1n) is 6.33. The van der Waals surface area contributed by atoms with Crippen molar-refractivity contribution in [1.82, 2.24) is 15.6 Å². The molecule has 0 saturated heterocycles. The molecule has 2 rings (SSSR count). The van der Waals surface area contributed by atoms with Crippen LogP contribution in [-0.2, 0) is 11.2 Å². The van der Waals surface area contributed by atoms with E-state index in [4.69, 9.17) is 5.11 Å². The van der Waals surface area contributed by atoms with Crippen LogP contribution in [0.15, 0.2) is 24.5 Å². The minimum atomic E-state index is -0.966. The van der Waals surface area contributed by atoms with Crippen molar-refractivity contribution >= 4 is 12.0 Å². The Balaban J connectivity index is 1.71. The molecule has 1 aromatic heterocycles. The smallest absolute Gasteiger partial charge is 0.326 e. The first kappa shape index (κ1) is 13.3. The van der Waals surface area contributed by atoms with Gasteiger partial charge in [0.1, 0.15) is 6.04 Å². The number of rotatable bonds is 6. The van der Waals surface area contributed by atoms with Crippen LogP contribution < -0.4 is 10.6 Å². The van der Waals surface area contributed by atoms with E-state index in [1.165, 1.54) is 0 Å². The highest BCUT2D eigenvalue weighted by Gasteiger charge is 2.37. The van der Waals surface area contributed by atoms with Crippen molar-refractivity contribution < 1.29 is 14.7 Å². The van der Waals surface area contributed by atoms with E-state index in [9.17, 15) is 9.59 Å². The zero-order chi connectivity index (χ0) is 13.7. The van der Waals surface area contributed by atoms with Crippen molar-refractivity contribution in [3.63, 3.8) is 0 Å². The SMILES string of the molecule is O=C(NCCc1ccncc1)NC(C(=O)O)C1CC1. The van der Waals surface area contributed by atoms with Crippen molar-refractivity contribution in [2.45, 2.75) is 25.3 Å². The Labute approximate surface area is 111 Å². The minimum absolute atomic E-state index is 0.0865. The number of carboxylic acids is 1. The number of hydrogen-bond acceptors (Lipinski definition) is 3. The lowest BCUT2D eigenvalue weighted by Gasteiger charge is -2.14. The lowest BCUT2D eigenvalue weighted by Crippen LogP contribution is -2.47. The number of aliphatic carboxylic acids is 1. The number of carbonyl (C=O) groups is 2. The van der Waals surface area contributed by atoms with Crippen LogP contribution >= 0.6 is 0 Å². The molecule has 1 unspecified atom stereocenters. The topological polar surface area (TPSA) is 91.3 Å². The summed E-state index contributed by atoms with van der Waals surface area (Å²) >= 11 is 0. The maximum Gasteiger partial charge on any atom is 0.326 e. The summed E-state index contributed by atoms with van der Waals surface area (Å²) in [6.07, 6.45) is 5.82. The molecular weight excluding hydrogens is 246 g/mol. The predicted molar refractivity (Wildman–Crippen MR) is 68.6 cm³/mol. The second-order valence-electron chi connectivity index (χ2n) is 4.66. The fraction of sp³-hybridized carbons (Fsp3) is 0.462. The maximum atomic E-state index is 11.6. The van der Waals surface area contributed by atoms with E-state index in [-0.39, 0.29) is 5.92 Å². The van der Waals surface area contributed by atoms with Gasteiger partial charge in [-0.2, -0.15) is 0 Å². The highest BCUT2D eigenvalue weighted by Crippen LogP contribution is 2.32. The van der Waals surface area contributed by atoms with E-state index < -0.39 is 18.0 Å². The molecule has 1 aromatic rings. The highest BCUT2D eigenvalue weighted by molar-refractivity contribution is 5.83. The molecule has 0 spiro atoms. The van der Waals surface area contributed by atoms with Gasteiger partial charge in [0.05, 0.1) is 0 Å². The Hall–Kier alpha value is -2.11. The molecule has 6 nitrogen and oxygen atoms in total. The number of pyridine rings is 1. The van der Waals surface area contributed by atoms with Crippen LogP contribution in [0.4, 0.5) is 4.79 Å². The second-order valence-corrected chi connectivity index (χ2v) is 4.66. The van der Waals surface area contributed by atoms with Gasteiger partial charge < -0.3 is 15.7 Å². The van der Waals surface area contributed by atoms with Gasteiger partial charge in [-0.05, 0) is 42.9 Å². The van der Waals surface area contributed by atoms with E-state index in [0.717, 1.165) is 18.4 Å². The number of urea groups is 1. The van der Waals surface area contributed by atoms with Gasteiger partial charge >= 0.3 is 12.0 Å². The van der Waals surface area contributed by atoms with Crippen LogP contribution in [0.2, 0.25) is 0 Å². The Bertz CT molecular complexity index is 446. The van der Waals surface area contributed by atoms with E-state index in [1.807, 2.05) is 12.1 Å². The van der Waals surface area contributed by atoms with E-state index >= 15 is 0 Å². The molecule has 1 heterocycles. The number of nitrogens with zero attached hydrogens (tertiary/aromatic N) is 1. The van der Waals surface area contributed by atoms with Crippen LogP contribution in [0.1, 0.15) is 18.4 Å². The Kier molecular flexibility index (Phi) is 4.33. The van der Waals surface area contributed by atoms with Gasteiger partial charge in [0, 0.05) is 18.9 Å². The third-order valence-corrected chi connectivity index (χ3v) is 3.09. The minimum Gasteiger partial charge on any atom is -0.480 e. The molecule has 1 fully saturated rings. The van der Waals surface area contributed by atoms with Gasteiger partial charge in [-0.1, -0.05) is 0 Å². The van der Waals surface area contributed by atoms with E-state index in [1.54, 1.807) is 12.4 Å². The summed E-state index contributed by atoms with van der Waals surface area (Å²) in [7, 11) is 0. The summed E-state index contributed by atoms with van der Waals surface area (Å²) in [5, 5.41) is 14.2. The summed E-state index contributed by atoms with van der Waals surface area (Å²) in [4.78, 5) is 26.5. The van der Waals surface area contributed by atoms with Crippen molar-refractivity contribution in [2.75, 3.05) is 6.54 Å². The molecule has 6 heteroatoms. The molecule has 3 N–H and O–H groups in total. The monoisotopic (exact) mass is 263 g/mol. The molecular formula is C13H17N3O3. The molecule has 1 saturated carbocycles. The third kappa shape index (κ3) is 4.24. The van der Waals surface area contributed by atoms with Crippen molar-refractivity contribution in [3.05, 3.63) is 30.1 Å². The maximum absolute atomic E-state index is 11.6. The van der Waals surface area contributed by atoms with Gasteiger partial charge in [0.25, 0.3) is 0 Å². The average Bonchev–Trinajstić information content (AvgIpc) is 3.21. The lowest BCUT2D eigenvalue weighted by atomic mass is 10.2. The molecule has 0 aliphatic heterocycles. The standard InChI is InChI=1S/C13H17N3O3/c17-12(18)11(10-1-2-10)16-13(19)15-8-5-9-3-6-14-7-4-9/h3-4,6-7,10-11H,1-2,5,8H2,(H,17,18)(H2,15,16,19). The fourth-order valence-corrected chi connectivity index (χ4v) is 1.87. The number of amides is 2. The van der Waals surface area contributed by atoms with Gasteiger partial charge in [0.2, 0.25) is 0 Å². The molecule has 1 aliphatic rings. The van der Waals surface area contributed by atoms with Crippen LogP contribution in [-0.4, -0.2) is 34.7 Å². The van der Waals surface area contributed by atoms with Crippen LogP contribution in [0.3, 0.4) is 0 Å². The Morgan fingerprint density at radius 1 is 1.37 bits per heavy atom. The van der Waals surface area contributed by atoms with E-state index in [2.05, 4.69) is 15.6 Å². The summed E-state index contributed by atoms with van der Waals surface area (Å²) in [5.74, 6) is -0.879. The Morgan fingerprint density at radius 2 is 2.05 bits per heavy atom. The summed E-state index contributed by atoms with van der Waals surface area (Å²) in [6, 6.07) is 2.57. The molecule has 1 aliphatic carbocycles. The second kappa shape index (κ2) is 6.17. The molecule has 0 radical (unpaired) electrons. The number of aromatic nitrogens is 1. The largest absolute Gasteiger partial charge is 0.480 e. The van der Waals surface area contributed by atoms with Gasteiger partial charge in [-0.25, -0.2) is 9.59 Å².